The van der Waals surface area contributed by atoms with Crippen LogP contribution in [0.25, 0.3) is 5.69 Å². The van der Waals surface area contributed by atoms with E-state index in [0.717, 1.165) is 5.56 Å². The highest BCUT2D eigenvalue weighted by atomic mass is 19.1. The van der Waals surface area contributed by atoms with Crippen LogP contribution in [0.3, 0.4) is 0 Å². The minimum absolute atomic E-state index is 0.0113. The van der Waals surface area contributed by atoms with Gasteiger partial charge in [-0.1, -0.05) is 19.9 Å². The molecule has 8 heteroatoms. The number of amides is 2. The van der Waals surface area contributed by atoms with Gasteiger partial charge in [-0.25, -0.2) is 14.1 Å². The van der Waals surface area contributed by atoms with Gasteiger partial charge < -0.3 is 10.6 Å². The third-order valence-corrected chi connectivity index (χ3v) is 4.32. The van der Waals surface area contributed by atoms with Crippen LogP contribution in [0, 0.1) is 25.6 Å². The molecular formula is C21H22FN5O2. The average Bonchev–Trinajstić information content (AvgIpc) is 3.07. The first-order valence-corrected chi connectivity index (χ1v) is 9.17. The lowest BCUT2D eigenvalue weighted by Crippen LogP contribution is -2.18. The first-order valence-electron chi connectivity index (χ1n) is 9.17. The molecule has 2 amide bonds. The van der Waals surface area contributed by atoms with Gasteiger partial charge in [0.2, 0.25) is 11.7 Å². The van der Waals surface area contributed by atoms with Crippen molar-refractivity contribution in [3.8, 4) is 5.69 Å². The second-order valence-corrected chi connectivity index (χ2v) is 7.00. The molecule has 0 unspecified atom stereocenters. The molecule has 0 saturated carbocycles. The molecule has 29 heavy (non-hydrogen) atoms. The number of nitrogens with one attached hydrogen (secondary N) is 2. The highest BCUT2D eigenvalue weighted by molar-refractivity contribution is 6.02. The fraction of sp³-hybridized carbons (Fsp3) is 0.238. The van der Waals surface area contributed by atoms with Gasteiger partial charge in [-0.2, -0.15) is 0 Å². The summed E-state index contributed by atoms with van der Waals surface area (Å²) in [4.78, 5) is 28.8. The molecule has 150 valence electrons. The second kappa shape index (κ2) is 8.22. The Kier molecular flexibility index (Phi) is 5.72. The van der Waals surface area contributed by atoms with Gasteiger partial charge in [-0.3, -0.25) is 9.59 Å². The summed E-state index contributed by atoms with van der Waals surface area (Å²) >= 11 is 0. The van der Waals surface area contributed by atoms with Crippen molar-refractivity contribution in [1.82, 2.24) is 14.8 Å². The molecule has 0 saturated heterocycles. The lowest BCUT2D eigenvalue weighted by atomic mass is 10.1. The van der Waals surface area contributed by atoms with Crippen LogP contribution in [0.4, 0.5) is 15.8 Å². The van der Waals surface area contributed by atoms with Crippen molar-refractivity contribution in [2.45, 2.75) is 27.7 Å². The van der Waals surface area contributed by atoms with Gasteiger partial charge in [0, 0.05) is 17.3 Å². The first-order chi connectivity index (χ1) is 13.7. The zero-order valence-corrected chi connectivity index (χ0v) is 16.7. The zero-order chi connectivity index (χ0) is 21.1. The van der Waals surface area contributed by atoms with Gasteiger partial charge in [-0.05, 0) is 55.8 Å². The first kappa shape index (κ1) is 20.2. The van der Waals surface area contributed by atoms with Gasteiger partial charge >= 0.3 is 0 Å². The maximum absolute atomic E-state index is 13.1. The summed E-state index contributed by atoms with van der Waals surface area (Å²) in [6.45, 7) is 7.16. The Balaban J connectivity index is 1.81. The molecule has 0 bridgehead atoms. The summed E-state index contributed by atoms with van der Waals surface area (Å²) < 4.78 is 14.6. The van der Waals surface area contributed by atoms with Crippen molar-refractivity contribution >= 4 is 23.2 Å². The molecule has 2 aromatic carbocycles. The third kappa shape index (κ3) is 4.66. The molecule has 0 radical (unpaired) electrons. The Morgan fingerprint density at radius 2 is 1.72 bits per heavy atom. The number of aromatic nitrogens is 3. The van der Waals surface area contributed by atoms with Crippen LogP contribution < -0.4 is 10.6 Å². The molecule has 0 aliphatic carbocycles. The van der Waals surface area contributed by atoms with Crippen LogP contribution in [-0.4, -0.2) is 26.6 Å². The molecule has 0 atom stereocenters. The fourth-order valence-corrected chi connectivity index (χ4v) is 2.61. The Labute approximate surface area is 168 Å². The van der Waals surface area contributed by atoms with Gasteiger partial charge in [0.15, 0.2) is 0 Å². The van der Waals surface area contributed by atoms with E-state index in [4.69, 9.17) is 0 Å². The van der Waals surface area contributed by atoms with E-state index in [0.29, 0.717) is 22.9 Å². The van der Waals surface area contributed by atoms with E-state index in [2.05, 4.69) is 20.7 Å². The van der Waals surface area contributed by atoms with E-state index in [1.165, 1.54) is 16.8 Å². The van der Waals surface area contributed by atoms with Gasteiger partial charge in [0.05, 0.1) is 5.69 Å². The Hall–Kier alpha value is -3.55. The quantitative estimate of drug-likeness (QED) is 0.686. The predicted molar refractivity (Wildman–Crippen MR) is 109 cm³/mol. The number of halogens is 1. The number of nitrogens with zero attached hydrogens (tertiary/aromatic N) is 3. The molecule has 0 aliphatic rings. The smallest absolute Gasteiger partial charge is 0.295 e. The van der Waals surface area contributed by atoms with Crippen molar-refractivity contribution in [3.63, 3.8) is 0 Å². The number of hydrogen-bond acceptors (Lipinski definition) is 4. The lowest BCUT2D eigenvalue weighted by Gasteiger charge is -2.12. The molecule has 0 aliphatic heterocycles. The standard InChI is InChI=1S/C21H22FN5O2/c1-12(2)20(28)24-16-8-5-13(3)18(11-16)25-21(29)19-23-14(4)27(26-19)17-9-6-15(22)7-10-17/h5-12H,1-4H3,(H,24,28)(H,25,29). The summed E-state index contributed by atoms with van der Waals surface area (Å²) in [6.07, 6.45) is 0. The summed E-state index contributed by atoms with van der Waals surface area (Å²) in [5.74, 6) is -0.619. The van der Waals surface area contributed by atoms with Crippen LogP contribution >= 0.6 is 0 Å². The van der Waals surface area contributed by atoms with Crippen molar-refractivity contribution in [2.24, 2.45) is 5.92 Å². The van der Waals surface area contributed by atoms with Crippen LogP contribution in [0.1, 0.15) is 35.9 Å². The molecule has 7 nitrogen and oxygen atoms in total. The molecule has 2 N–H and O–H groups in total. The van der Waals surface area contributed by atoms with Crippen molar-refractivity contribution in [2.75, 3.05) is 10.6 Å². The van der Waals surface area contributed by atoms with E-state index in [1.807, 2.05) is 6.92 Å². The van der Waals surface area contributed by atoms with Gasteiger partial charge in [0.25, 0.3) is 5.91 Å². The monoisotopic (exact) mass is 395 g/mol. The normalized spacial score (nSPS) is 10.8. The number of hydrogen-bond donors (Lipinski definition) is 2. The van der Waals surface area contributed by atoms with Crippen molar-refractivity contribution in [3.05, 3.63) is 65.5 Å². The molecule has 3 aromatic rings. The Bertz CT molecular complexity index is 1060. The largest absolute Gasteiger partial charge is 0.326 e. The summed E-state index contributed by atoms with van der Waals surface area (Å²) in [6, 6.07) is 11.0. The Morgan fingerprint density at radius 1 is 1.03 bits per heavy atom. The average molecular weight is 395 g/mol. The van der Waals surface area contributed by atoms with Crippen LogP contribution in [0.2, 0.25) is 0 Å². The molecule has 0 fully saturated rings. The fourth-order valence-electron chi connectivity index (χ4n) is 2.61. The molecule has 0 spiro atoms. The third-order valence-electron chi connectivity index (χ3n) is 4.32. The van der Waals surface area contributed by atoms with Gasteiger partial charge in [0.1, 0.15) is 11.6 Å². The van der Waals surface area contributed by atoms with Crippen molar-refractivity contribution in [1.29, 1.82) is 0 Å². The summed E-state index contributed by atoms with van der Waals surface area (Å²) in [7, 11) is 0. The summed E-state index contributed by atoms with van der Waals surface area (Å²) in [5.41, 5.74) is 2.57. The highest BCUT2D eigenvalue weighted by Gasteiger charge is 2.17. The molecule has 1 aromatic heterocycles. The van der Waals surface area contributed by atoms with Crippen LogP contribution in [0.5, 0.6) is 0 Å². The van der Waals surface area contributed by atoms with E-state index < -0.39 is 5.91 Å². The van der Waals surface area contributed by atoms with Crippen LogP contribution in [-0.2, 0) is 4.79 Å². The van der Waals surface area contributed by atoms with Crippen molar-refractivity contribution < 1.29 is 14.0 Å². The minimum atomic E-state index is -0.482. The summed E-state index contributed by atoms with van der Waals surface area (Å²) in [5, 5.41) is 9.82. The topological polar surface area (TPSA) is 88.9 Å². The van der Waals surface area contributed by atoms with E-state index >= 15 is 0 Å². The number of carbonyl (C=O) groups excluding carboxylic acids is 2. The van der Waals surface area contributed by atoms with E-state index in [1.54, 1.807) is 51.1 Å². The maximum atomic E-state index is 13.1. The molecule has 3 rings (SSSR count). The Morgan fingerprint density at radius 3 is 2.38 bits per heavy atom. The van der Waals surface area contributed by atoms with E-state index in [9.17, 15) is 14.0 Å². The number of aryl methyl sites for hydroxylation is 2. The second-order valence-electron chi connectivity index (χ2n) is 7.00. The highest BCUT2D eigenvalue weighted by Crippen LogP contribution is 2.21. The molecule has 1 heterocycles. The molecular weight excluding hydrogens is 373 g/mol. The SMILES string of the molecule is Cc1ccc(NC(=O)C(C)C)cc1NC(=O)c1nc(C)n(-c2ccc(F)cc2)n1. The zero-order valence-electron chi connectivity index (χ0n) is 16.7. The number of benzene rings is 2. The lowest BCUT2D eigenvalue weighted by molar-refractivity contribution is -0.118. The maximum Gasteiger partial charge on any atom is 0.295 e. The predicted octanol–water partition coefficient (Wildman–Crippen LogP) is 3.87. The van der Waals surface area contributed by atoms with Crippen LogP contribution in [0.15, 0.2) is 42.5 Å². The number of carbonyl (C=O) groups is 2. The number of anilines is 2. The van der Waals surface area contributed by atoms with E-state index in [-0.39, 0.29) is 23.5 Å². The minimum Gasteiger partial charge on any atom is -0.326 e. The van der Waals surface area contributed by atoms with Gasteiger partial charge in [-0.15, -0.1) is 5.10 Å². The number of rotatable bonds is 5.